The van der Waals surface area contributed by atoms with Gasteiger partial charge in [0.05, 0.1) is 0 Å². The van der Waals surface area contributed by atoms with E-state index in [1.807, 2.05) is 110 Å². The zero-order chi connectivity index (χ0) is 37.1. The van der Waals surface area contributed by atoms with E-state index in [0.717, 1.165) is 76.9 Å². The third kappa shape index (κ3) is 5.76. The van der Waals surface area contributed by atoms with Gasteiger partial charge in [0.1, 0.15) is 66.1 Å². The second-order valence-electron chi connectivity index (χ2n) is 13.3. The second kappa shape index (κ2) is 13.5. The van der Waals surface area contributed by atoms with Crippen LogP contribution in [0.15, 0.2) is 132 Å². The summed E-state index contributed by atoms with van der Waals surface area (Å²) >= 11 is 0. The minimum absolute atomic E-state index is 0.439. The molecule has 8 aromatic rings. The first-order valence-electron chi connectivity index (χ1n) is 17.2. The highest BCUT2D eigenvalue weighted by Crippen LogP contribution is 2.42. The summed E-state index contributed by atoms with van der Waals surface area (Å²) in [7, 11) is 46.0. The van der Waals surface area contributed by atoms with Gasteiger partial charge in [-0.1, -0.05) is 144 Å². The molecule has 0 aliphatic heterocycles. The number of hydrogen-bond acceptors (Lipinski definition) is 1. The Hall–Kier alpha value is -5.47. The predicted octanol–water partition coefficient (Wildman–Crippen LogP) is 4.60. The Balaban J connectivity index is 1.39. The zero-order valence-corrected chi connectivity index (χ0v) is 29.2. The van der Waals surface area contributed by atoms with Crippen LogP contribution in [0.25, 0.3) is 82.4 Å². The van der Waals surface area contributed by atoms with Gasteiger partial charge in [0, 0.05) is 21.9 Å². The maximum absolute atomic E-state index is 7.06. The Bertz CT molecular complexity index is 2810. The molecule has 0 fully saturated rings. The molecule has 0 N–H and O–H groups in total. The Morgan fingerprint density at radius 1 is 0.528 bits per heavy atom. The molecule has 0 saturated carbocycles. The topological polar surface area (TPSA) is 13.1 Å². The summed E-state index contributed by atoms with van der Waals surface area (Å²) in [6, 6.07) is 31.4. The molecule has 0 spiro atoms. The normalized spacial score (nSPS) is 12.1. The summed E-state index contributed by atoms with van der Waals surface area (Å²) in [4.78, 5) is 0. The van der Waals surface area contributed by atoms with Gasteiger partial charge in [0.2, 0.25) is 0 Å². The first-order valence-corrected chi connectivity index (χ1v) is 17.2. The fraction of sp³-hybridized carbons (Fsp3) is 0.0222. The number of furan rings is 1. The van der Waals surface area contributed by atoms with Crippen LogP contribution in [0.4, 0.5) is 0 Å². The van der Waals surface area contributed by atoms with E-state index in [4.69, 9.17) is 59.3 Å². The number of hydrogen-bond donors (Lipinski definition) is 0. The summed E-state index contributed by atoms with van der Waals surface area (Å²) < 4.78 is 6.71. The van der Waals surface area contributed by atoms with Crippen LogP contribution in [-0.4, -0.2) is 54.9 Å². The molecule has 1 nitrogen and oxygen atoms in total. The van der Waals surface area contributed by atoms with Crippen molar-refractivity contribution in [1.82, 2.24) is 0 Å². The fourth-order valence-electron chi connectivity index (χ4n) is 7.49. The van der Waals surface area contributed by atoms with Gasteiger partial charge in [-0.2, -0.15) is 0 Å². The number of para-hydroxylation sites is 2. The van der Waals surface area contributed by atoms with E-state index in [-0.39, 0.29) is 0 Å². The molecule has 8 rings (SSSR count). The lowest BCUT2D eigenvalue weighted by Crippen LogP contribution is -2.27. The Morgan fingerprint density at radius 2 is 1.04 bits per heavy atom. The van der Waals surface area contributed by atoms with Crippen molar-refractivity contribution in [3.63, 3.8) is 0 Å². The number of rotatable bonds is 6. The van der Waals surface area contributed by atoms with Crippen LogP contribution in [0, 0.1) is 0 Å². The monoisotopic (exact) mass is 658 g/mol. The summed E-state index contributed by atoms with van der Waals surface area (Å²) in [5.41, 5.74) is 11.9. The van der Waals surface area contributed by atoms with E-state index >= 15 is 0 Å². The summed E-state index contributed by atoms with van der Waals surface area (Å²) in [5.74, 6) is 0. The van der Waals surface area contributed by atoms with Crippen LogP contribution in [0.5, 0.6) is 0 Å². The molecule has 0 amide bonds. The Labute approximate surface area is 319 Å². The van der Waals surface area contributed by atoms with Crippen LogP contribution in [0.2, 0.25) is 0 Å². The van der Waals surface area contributed by atoms with Crippen LogP contribution in [-0.2, 0) is 0 Å². The predicted molar refractivity (Wildman–Crippen MR) is 236 cm³/mol. The Morgan fingerprint density at radius 3 is 1.60 bits per heavy atom. The SMILES string of the molecule is [B]c1ccc(-c2cccc3c2oc2c(-c4cc([B])c(-c5c6cc([B])c([B])cc6c(C(/C=C\C=C)=C/C)c6cc([B])c([B])cc56)cc4[B])cccc23)cc1. The summed E-state index contributed by atoms with van der Waals surface area (Å²) in [6.45, 7) is 5.84. The van der Waals surface area contributed by atoms with Crippen molar-refractivity contribution < 1.29 is 4.42 Å². The molecule has 8 heteroatoms. The third-order valence-corrected chi connectivity index (χ3v) is 10.1. The minimum Gasteiger partial charge on any atom is -0.455 e. The van der Waals surface area contributed by atoms with E-state index in [2.05, 4.69) is 18.7 Å². The average Bonchev–Trinajstić information content (AvgIpc) is 3.54. The van der Waals surface area contributed by atoms with Gasteiger partial charge in [-0.15, -0.1) is 21.9 Å². The van der Waals surface area contributed by atoms with E-state index in [1.165, 1.54) is 0 Å². The van der Waals surface area contributed by atoms with Gasteiger partial charge in [0.25, 0.3) is 0 Å². The molecule has 232 valence electrons. The molecule has 7 aromatic carbocycles. The number of benzene rings is 7. The lowest BCUT2D eigenvalue weighted by Gasteiger charge is -2.23. The van der Waals surface area contributed by atoms with E-state index in [1.54, 1.807) is 6.08 Å². The first-order chi connectivity index (χ1) is 25.6. The highest BCUT2D eigenvalue weighted by molar-refractivity contribution is 6.52. The van der Waals surface area contributed by atoms with E-state index < -0.39 is 0 Å². The molecular weight excluding hydrogens is 632 g/mol. The summed E-state index contributed by atoms with van der Waals surface area (Å²) in [5, 5.41) is 5.38. The second-order valence-corrected chi connectivity index (χ2v) is 13.3. The quantitative estimate of drug-likeness (QED) is 0.145. The third-order valence-electron chi connectivity index (χ3n) is 10.1. The summed E-state index contributed by atoms with van der Waals surface area (Å²) in [6.07, 6.45) is 7.65. The number of fused-ring (bicyclic) bond motifs is 5. The lowest BCUT2D eigenvalue weighted by molar-refractivity contribution is 0.671. The maximum Gasteiger partial charge on any atom is 0.143 e. The van der Waals surface area contributed by atoms with Crippen molar-refractivity contribution >= 4 is 142 Å². The molecule has 0 aliphatic rings. The van der Waals surface area contributed by atoms with Gasteiger partial charge in [-0.05, 0) is 61.9 Å². The van der Waals surface area contributed by atoms with Crippen LogP contribution < -0.4 is 38.2 Å². The van der Waals surface area contributed by atoms with Gasteiger partial charge >= 0.3 is 0 Å². The van der Waals surface area contributed by atoms with Crippen molar-refractivity contribution in [2.45, 2.75) is 6.92 Å². The molecule has 0 aliphatic carbocycles. The fourth-order valence-corrected chi connectivity index (χ4v) is 7.49. The number of allylic oxidation sites excluding steroid dienone is 5. The molecule has 14 radical (unpaired) electrons. The molecule has 1 heterocycles. The molecule has 0 atom stereocenters. The molecule has 53 heavy (non-hydrogen) atoms. The zero-order valence-electron chi connectivity index (χ0n) is 29.2. The molecule has 0 unspecified atom stereocenters. The van der Waals surface area contributed by atoms with Gasteiger partial charge < -0.3 is 4.42 Å². The highest BCUT2D eigenvalue weighted by Gasteiger charge is 2.22. The van der Waals surface area contributed by atoms with Crippen molar-refractivity contribution in [3.8, 4) is 33.4 Å². The minimum atomic E-state index is 0.439. The van der Waals surface area contributed by atoms with Crippen LogP contribution >= 0.6 is 0 Å². The van der Waals surface area contributed by atoms with Crippen LogP contribution in [0.3, 0.4) is 0 Å². The molecule has 0 saturated heterocycles. The average molecular weight is 657 g/mol. The maximum atomic E-state index is 7.06. The highest BCUT2D eigenvalue weighted by atomic mass is 16.3. The standard InChI is InChI=1S/C45H25B7O/c1-3-5-8-23(4-2)42-31-18-38(49)40(51)20-33(31)43(34-21-41(52)39(50)19-32(34)42)35-22-36(47)30(17-37(35)48)29-12-7-11-28-27-10-6-9-26(44(27)53-45(28)29)24-13-15-25(46)16-14-24/h3-22H,1H2,2H3/b8-5-,23-4+. The van der Waals surface area contributed by atoms with Crippen molar-refractivity contribution in [2.75, 3.05) is 0 Å². The molecule has 1 aromatic heterocycles. The largest absolute Gasteiger partial charge is 0.455 e. The lowest BCUT2D eigenvalue weighted by atomic mass is 9.71. The molecule has 0 bridgehead atoms. The first kappa shape index (κ1) is 34.6. The van der Waals surface area contributed by atoms with Crippen LogP contribution in [0.1, 0.15) is 12.5 Å². The van der Waals surface area contributed by atoms with Crippen molar-refractivity contribution in [3.05, 3.63) is 134 Å². The van der Waals surface area contributed by atoms with Crippen molar-refractivity contribution in [2.24, 2.45) is 0 Å². The van der Waals surface area contributed by atoms with Crippen molar-refractivity contribution in [1.29, 1.82) is 0 Å². The Kier molecular flexibility index (Phi) is 8.82. The van der Waals surface area contributed by atoms with E-state index in [9.17, 15) is 0 Å². The van der Waals surface area contributed by atoms with E-state index in [0.29, 0.717) is 49.4 Å². The van der Waals surface area contributed by atoms with Gasteiger partial charge in [0.15, 0.2) is 0 Å². The van der Waals surface area contributed by atoms with Gasteiger partial charge in [-0.25, -0.2) is 0 Å². The van der Waals surface area contributed by atoms with Gasteiger partial charge in [-0.3, -0.25) is 0 Å². The smallest absolute Gasteiger partial charge is 0.143 e. The molecular formula is C45H25B7O.